The van der Waals surface area contributed by atoms with Crippen LogP contribution in [0.4, 0.5) is 5.69 Å². The number of anilines is 1. The van der Waals surface area contributed by atoms with Crippen molar-refractivity contribution in [1.29, 1.82) is 0 Å². The van der Waals surface area contributed by atoms with Gasteiger partial charge in [-0.1, -0.05) is 36.4 Å². The Morgan fingerprint density at radius 2 is 1.82 bits per heavy atom. The molecule has 0 bridgehead atoms. The number of likely N-dealkylation sites (N-methyl/N-ethyl adjacent to an activating group) is 1. The fourth-order valence-corrected chi connectivity index (χ4v) is 3.24. The van der Waals surface area contributed by atoms with E-state index in [2.05, 4.69) is 4.99 Å². The molecule has 0 saturated carbocycles. The van der Waals surface area contributed by atoms with E-state index < -0.39 is 5.60 Å². The molecular formula is C18H16N2O2. The number of hydrogen-bond acceptors (Lipinski definition) is 3. The lowest BCUT2D eigenvalue weighted by atomic mass is 9.90. The molecule has 2 aromatic rings. The average molecular weight is 292 g/mol. The highest BCUT2D eigenvalue weighted by molar-refractivity contribution is 6.09. The van der Waals surface area contributed by atoms with Crippen LogP contribution in [0.15, 0.2) is 59.6 Å². The van der Waals surface area contributed by atoms with Crippen LogP contribution in [0.2, 0.25) is 0 Å². The number of aliphatic imine (C=N–C) groups is 1. The van der Waals surface area contributed by atoms with Crippen molar-refractivity contribution in [2.24, 2.45) is 4.99 Å². The predicted octanol–water partition coefficient (Wildman–Crippen LogP) is 2.73. The molecule has 2 aromatic carbocycles. The summed E-state index contributed by atoms with van der Waals surface area (Å²) in [4.78, 5) is 19.0. The number of carbonyl (C=O) groups excluding carboxylic acids is 1. The van der Waals surface area contributed by atoms with Gasteiger partial charge in [-0.25, -0.2) is 0 Å². The molecule has 0 saturated heterocycles. The number of nitrogens with zero attached hydrogens (tertiary/aromatic N) is 2. The molecule has 4 nitrogen and oxygen atoms in total. The highest BCUT2D eigenvalue weighted by Crippen LogP contribution is 2.45. The summed E-state index contributed by atoms with van der Waals surface area (Å²) in [6.07, 6.45) is 0.573. The van der Waals surface area contributed by atoms with Crippen molar-refractivity contribution in [3.8, 4) is 0 Å². The van der Waals surface area contributed by atoms with E-state index in [-0.39, 0.29) is 5.91 Å². The van der Waals surface area contributed by atoms with Crippen molar-refractivity contribution in [1.82, 2.24) is 0 Å². The molecule has 0 radical (unpaired) electrons. The molecule has 1 atom stereocenters. The highest BCUT2D eigenvalue weighted by Gasteiger charge is 2.53. The molecule has 22 heavy (non-hydrogen) atoms. The second kappa shape index (κ2) is 4.70. The Morgan fingerprint density at radius 1 is 1.09 bits per heavy atom. The summed E-state index contributed by atoms with van der Waals surface area (Å²) in [5.41, 5.74) is 1.83. The number of rotatable bonds is 1. The maximum absolute atomic E-state index is 12.9. The van der Waals surface area contributed by atoms with Crippen LogP contribution in [0.5, 0.6) is 0 Å². The van der Waals surface area contributed by atoms with Crippen LogP contribution >= 0.6 is 0 Å². The summed E-state index contributed by atoms with van der Waals surface area (Å²) in [6.45, 7) is 0.581. The van der Waals surface area contributed by atoms with Crippen molar-refractivity contribution >= 4 is 17.5 Å². The first kappa shape index (κ1) is 13.1. The van der Waals surface area contributed by atoms with Crippen LogP contribution in [0.25, 0.3) is 0 Å². The summed E-state index contributed by atoms with van der Waals surface area (Å²) >= 11 is 0. The summed E-state index contributed by atoms with van der Waals surface area (Å²) in [6, 6.07) is 17.6. The van der Waals surface area contributed by atoms with Gasteiger partial charge in [-0.05, 0) is 18.2 Å². The van der Waals surface area contributed by atoms with E-state index in [1.54, 1.807) is 11.9 Å². The van der Waals surface area contributed by atoms with Gasteiger partial charge in [-0.2, -0.15) is 0 Å². The second-order valence-electron chi connectivity index (χ2n) is 5.61. The molecule has 0 unspecified atom stereocenters. The lowest BCUT2D eigenvalue weighted by molar-refractivity contribution is -0.135. The first-order valence-electron chi connectivity index (χ1n) is 7.39. The molecule has 0 fully saturated rings. The first-order chi connectivity index (χ1) is 10.7. The van der Waals surface area contributed by atoms with Crippen molar-refractivity contribution in [2.75, 3.05) is 18.5 Å². The lowest BCUT2D eigenvalue weighted by Gasteiger charge is -2.32. The third-order valence-corrected chi connectivity index (χ3v) is 4.36. The normalized spacial score (nSPS) is 23.2. The lowest BCUT2D eigenvalue weighted by Crippen LogP contribution is -2.45. The van der Waals surface area contributed by atoms with Gasteiger partial charge in [-0.3, -0.25) is 9.79 Å². The van der Waals surface area contributed by atoms with E-state index in [0.29, 0.717) is 18.9 Å². The number of carbonyl (C=O) groups is 1. The van der Waals surface area contributed by atoms with Gasteiger partial charge in [0.2, 0.25) is 11.5 Å². The van der Waals surface area contributed by atoms with Gasteiger partial charge in [0.25, 0.3) is 5.91 Å². The van der Waals surface area contributed by atoms with Crippen molar-refractivity contribution in [3.05, 3.63) is 65.7 Å². The maximum Gasteiger partial charge on any atom is 0.275 e. The van der Waals surface area contributed by atoms with Crippen LogP contribution in [-0.4, -0.2) is 25.4 Å². The molecular weight excluding hydrogens is 276 g/mol. The zero-order valence-corrected chi connectivity index (χ0v) is 12.3. The Balaban J connectivity index is 1.80. The maximum atomic E-state index is 12.9. The standard InChI is InChI=1S/C18H16N2O2/c1-20-15-10-6-5-9-14(15)18(17(20)21)11-12-19-16(22-18)13-7-3-2-4-8-13/h2-10H,11-12H2,1H3/t18-/m0/s1. The van der Waals surface area contributed by atoms with E-state index in [1.165, 1.54) is 0 Å². The van der Waals surface area contributed by atoms with Gasteiger partial charge in [0.15, 0.2) is 0 Å². The fraction of sp³-hybridized carbons (Fsp3) is 0.222. The van der Waals surface area contributed by atoms with E-state index in [1.807, 2.05) is 54.6 Å². The molecule has 0 aromatic heterocycles. The SMILES string of the molecule is CN1C(=O)[C@]2(CCN=C(c3ccccc3)O2)c2ccccc21. The number of benzene rings is 2. The van der Waals surface area contributed by atoms with E-state index in [4.69, 9.17) is 4.74 Å². The summed E-state index contributed by atoms with van der Waals surface area (Å²) in [5.74, 6) is 0.530. The van der Waals surface area contributed by atoms with Gasteiger partial charge in [0.1, 0.15) is 0 Å². The first-order valence-corrected chi connectivity index (χ1v) is 7.39. The van der Waals surface area contributed by atoms with Crippen molar-refractivity contribution in [2.45, 2.75) is 12.0 Å². The molecule has 2 aliphatic heterocycles. The third kappa shape index (κ3) is 1.70. The smallest absolute Gasteiger partial charge is 0.275 e. The van der Waals surface area contributed by atoms with E-state index >= 15 is 0 Å². The Hall–Kier alpha value is -2.62. The minimum absolute atomic E-state index is 0.0166. The fourth-order valence-electron chi connectivity index (χ4n) is 3.24. The highest BCUT2D eigenvalue weighted by atomic mass is 16.5. The number of ether oxygens (including phenoxy) is 1. The molecule has 110 valence electrons. The van der Waals surface area contributed by atoms with Gasteiger partial charge in [0, 0.05) is 31.1 Å². The number of para-hydroxylation sites is 1. The number of fused-ring (bicyclic) bond motifs is 2. The van der Waals surface area contributed by atoms with Crippen LogP contribution in [0, 0.1) is 0 Å². The van der Waals surface area contributed by atoms with Gasteiger partial charge >= 0.3 is 0 Å². The monoisotopic (exact) mass is 292 g/mol. The van der Waals surface area contributed by atoms with Crippen LogP contribution in [0.1, 0.15) is 17.5 Å². The molecule has 1 spiro atoms. The summed E-state index contributed by atoms with van der Waals surface area (Å²) < 4.78 is 6.19. The minimum atomic E-state index is -0.932. The molecule has 4 heteroatoms. The number of amides is 1. The average Bonchev–Trinajstić information content (AvgIpc) is 2.79. The van der Waals surface area contributed by atoms with E-state index in [9.17, 15) is 4.79 Å². The predicted molar refractivity (Wildman–Crippen MR) is 85.1 cm³/mol. The molecule has 1 amide bonds. The molecule has 2 aliphatic rings. The third-order valence-electron chi connectivity index (χ3n) is 4.36. The van der Waals surface area contributed by atoms with Gasteiger partial charge < -0.3 is 9.64 Å². The number of hydrogen-bond donors (Lipinski definition) is 0. The van der Waals surface area contributed by atoms with Gasteiger partial charge in [-0.15, -0.1) is 0 Å². The van der Waals surface area contributed by atoms with E-state index in [0.717, 1.165) is 16.8 Å². The minimum Gasteiger partial charge on any atom is -0.456 e. The summed E-state index contributed by atoms with van der Waals surface area (Å²) in [5, 5.41) is 0. The zero-order valence-electron chi connectivity index (χ0n) is 12.3. The molecule has 0 N–H and O–H groups in total. The van der Waals surface area contributed by atoms with Crippen LogP contribution in [0.3, 0.4) is 0 Å². The van der Waals surface area contributed by atoms with Crippen molar-refractivity contribution < 1.29 is 9.53 Å². The largest absolute Gasteiger partial charge is 0.456 e. The Labute approximate surface area is 129 Å². The Kier molecular flexibility index (Phi) is 2.79. The van der Waals surface area contributed by atoms with Gasteiger partial charge in [0.05, 0.1) is 5.69 Å². The summed E-state index contributed by atoms with van der Waals surface area (Å²) in [7, 11) is 1.80. The Bertz CT molecular complexity index is 770. The molecule has 2 heterocycles. The van der Waals surface area contributed by atoms with Crippen molar-refractivity contribution in [3.63, 3.8) is 0 Å². The van der Waals surface area contributed by atoms with Crippen LogP contribution < -0.4 is 4.90 Å². The molecule has 4 rings (SSSR count). The Morgan fingerprint density at radius 3 is 2.64 bits per heavy atom. The molecule has 0 aliphatic carbocycles. The quantitative estimate of drug-likeness (QED) is 0.811. The second-order valence-corrected chi connectivity index (χ2v) is 5.61. The zero-order chi connectivity index (χ0) is 15.2. The van der Waals surface area contributed by atoms with Crippen LogP contribution in [-0.2, 0) is 15.1 Å². The topological polar surface area (TPSA) is 41.9 Å².